The van der Waals surface area contributed by atoms with Crippen molar-refractivity contribution in [2.24, 2.45) is 0 Å². The van der Waals surface area contributed by atoms with Crippen molar-refractivity contribution in [3.05, 3.63) is 42.1 Å². The molecule has 0 radical (unpaired) electrons. The molecule has 2 nitrogen and oxygen atoms in total. The molecular weight excluding hydrogens is 215 g/mol. The standard InChI is InChI=1S/C14H15FN2/c1-10-5-4-8-14-16-13(9-17(10)14)11-6-2-3-7-12(11)15/h2-3,6-7,9-10H,4-5,8H2,1H3/t10-/m0/s1. The van der Waals surface area contributed by atoms with Crippen LogP contribution in [-0.4, -0.2) is 9.55 Å². The second-order valence-corrected chi connectivity index (χ2v) is 4.67. The van der Waals surface area contributed by atoms with Gasteiger partial charge in [-0.2, -0.15) is 0 Å². The SMILES string of the molecule is C[C@H]1CCCc2nc(-c3ccccc3F)cn21. The highest BCUT2D eigenvalue weighted by molar-refractivity contribution is 5.59. The van der Waals surface area contributed by atoms with Crippen molar-refractivity contribution in [1.29, 1.82) is 0 Å². The predicted octanol–water partition coefficient (Wildman–Crippen LogP) is 3.59. The minimum Gasteiger partial charge on any atom is -0.331 e. The molecular formula is C14H15FN2. The van der Waals surface area contributed by atoms with Crippen molar-refractivity contribution in [3.8, 4) is 11.3 Å². The van der Waals surface area contributed by atoms with Crippen molar-refractivity contribution < 1.29 is 4.39 Å². The molecule has 0 amide bonds. The van der Waals surface area contributed by atoms with E-state index in [2.05, 4.69) is 16.5 Å². The molecule has 0 spiro atoms. The lowest BCUT2D eigenvalue weighted by molar-refractivity contribution is 0.426. The van der Waals surface area contributed by atoms with E-state index in [1.54, 1.807) is 12.1 Å². The van der Waals surface area contributed by atoms with E-state index in [0.29, 0.717) is 11.6 Å². The third kappa shape index (κ3) is 1.75. The molecule has 0 bridgehead atoms. The molecule has 1 aliphatic rings. The first-order chi connectivity index (χ1) is 8.25. The van der Waals surface area contributed by atoms with Crippen LogP contribution in [0.5, 0.6) is 0 Å². The Morgan fingerprint density at radius 1 is 1.35 bits per heavy atom. The van der Waals surface area contributed by atoms with E-state index < -0.39 is 0 Å². The number of halogens is 1. The molecule has 1 atom stereocenters. The van der Waals surface area contributed by atoms with Crippen molar-refractivity contribution in [2.75, 3.05) is 0 Å². The highest BCUT2D eigenvalue weighted by Gasteiger charge is 2.19. The van der Waals surface area contributed by atoms with Gasteiger partial charge in [-0.05, 0) is 31.9 Å². The summed E-state index contributed by atoms with van der Waals surface area (Å²) in [6.07, 6.45) is 5.34. The van der Waals surface area contributed by atoms with Crippen LogP contribution >= 0.6 is 0 Å². The summed E-state index contributed by atoms with van der Waals surface area (Å²) in [6.45, 7) is 2.19. The summed E-state index contributed by atoms with van der Waals surface area (Å²) in [7, 11) is 0. The number of nitrogens with zero attached hydrogens (tertiary/aromatic N) is 2. The first-order valence-corrected chi connectivity index (χ1v) is 6.08. The molecule has 0 aliphatic carbocycles. The van der Waals surface area contributed by atoms with E-state index in [0.717, 1.165) is 17.9 Å². The molecule has 0 saturated carbocycles. The average Bonchev–Trinajstić information content (AvgIpc) is 2.75. The van der Waals surface area contributed by atoms with E-state index in [-0.39, 0.29) is 5.82 Å². The summed E-state index contributed by atoms with van der Waals surface area (Å²) in [6, 6.07) is 7.30. The number of fused-ring (bicyclic) bond motifs is 1. The molecule has 1 aromatic heterocycles. The van der Waals surface area contributed by atoms with Gasteiger partial charge in [0, 0.05) is 24.2 Å². The van der Waals surface area contributed by atoms with Gasteiger partial charge in [-0.1, -0.05) is 12.1 Å². The second-order valence-electron chi connectivity index (χ2n) is 4.67. The van der Waals surface area contributed by atoms with Crippen LogP contribution in [0, 0.1) is 5.82 Å². The van der Waals surface area contributed by atoms with Crippen LogP contribution in [-0.2, 0) is 6.42 Å². The van der Waals surface area contributed by atoms with Gasteiger partial charge < -0.3 is 4.57 Å². The van der Waals surface area contributed by atoms with E-state index in [4.69, 9.17) is 0 Å². The molecule has 0 unspecified atom stereocenters. The highest BCUT2D eigenvalue weighted by atomic mass is 19.1. The van der Waals surface area contributed by atoms with Gasteiger partial charge in [0.2, 0.25) is 0 Å². The molecule has 17 heavy (non-hydrogen) atoms. The summed E-state index contributed by atoms with van der Waals surface area (Å²) in [4.78, 5) is 4.56. The molecule has 2 heterocycles. The van der Waals surface area contributed by atoms with Crippen LogP contribution in [0.3, 0.4) is 0 Å². The number of aromatic nitrogens is 2. The Bertz CT molecular complexity index is 545. The summed E-state index contributed by atoms with van der Waals surface area (Å²) < 4.78 is 15.9. The third-order valence-electron chi connectivity index (χ3n) is 3.46. The number of hydrogen-bond donors (Lipinski definition) is 0. The maximum Gasteiger partial charge on any atom is 0.132 e. The van der Waals surface area contributed by atoms with Gasteiger partial charge >= 0.3 is 0 Å². The second kappa shape index (κ2) is 3.99. The minimum atomic E-state index is -0.199. The van der Waals surface area contributed by atoms with E-state index in [1.807, 2.05) is 12.3 Å². The Hall–Kier alpha value is -1.64. The predicted molar refractivity (Wildman–Crippen MR) is 65.3 cm³/mol. The summed E-state index contributed by atoms with van der Waals surface area (Å²) in [5.41, 5.74) is 1.36. The van der Waals surface area contributed by atoms with Crippen LogP contribution in [0.2, 0.25) is 0 Å². The largest absolute Gasteiger partial charge is 0.331 e. The van der Waals surface area contributed by atoms with Gasteiger partial charge in [-0.25, -0.2) is 9.37 Å². The molecule has 1 aromatic carbocycles. The average molecular weight is 230 g/mol. The van der Waals surface area contributed by atoms with Gasteiger partial charge in [0.15, 0.2) is 0 Å². The highest BCUT2D eigenvalue weighted by Crippen LogP contribution is 2.29. The third-order valence-corrected chi connectivity index (χ3v) is 3.46. The molecule has 3 heteroatoms. The van der Waals surface area contributed by atoms with Gasteiger partial charge in [0.1, 0.15) is 11.6 Å². The molecule has 0 saturated heterocycles. The number of aryl methyl sites for hydroxylation is 1. The van der Waals surface area contributed by atoms with Crippen molar-refractivity contribution in [1.82, 2.24) is 9.55 Å². The van der Waals surface area contributed by atoms with Crippen LogP contribution in [0.1, 0.15) is 31.6 Å². The number of hydrogen-bond acceptors (Lipinski definition) is 1. The fourth-order valence-corrected chi connectivity index (χ4v) is 2.49. The lowest BCUT2D eigenvalue weighted by atomic mass is 10.1. The molecule has 88 valence electrons. The Morgan fingerprint density at radius 3 is 2.94 bits per heavy atom. The van der Waals surface area contributed by atoms with Crippen LogP contribution in [0.4, 0.5) is 4.39 Å². The number of benzene rings is 1. The fraction of sp³-hybridized carbons (Fsp3) is 0.357. The van der Waals surface area contributed by atoms with Gasteiger partial charge in [-0.3, -0.25) is 0 Å². The van der Waals surface area contributed by atoms with Crippen molar-refractivity contribution in [3.63, 3.8) is 0 Å². The van der Waals surface area contributed by atoms with Gasteiger partial charge in [-0.15, -0.1) is 0 Å². The quantitative estimate of drug-likeness (QED) is 0.732. The molecule has 0 N–H and O–H groups in total. The molecule has 3 rings (SSSR count). The Morgan fingerprint density at radius 2 is 2.18 bits per heavy atom. The lowest BCUT2D eigenvalue weighted by Crippen LogP contribution is -2.14. The fourth-order valence-electron chi connectivity index (χ4n) is 2.49. The van der Waals surface area contributed by atoms with E-state index in [9.17, 15) is 4.39 Å². The zero-order chi connectivity index (χ0) is 11.8. The molecule has 0 fully saturated rings. The molecule has 1 aliphatic heterocycles. The van der Waals surface area contributed by atoms with Gasteiger partial charge in [0.25, 0.3) is 0 Å². The smallest absolute Gasteiger partial charge is 0.132 e. The zero-order valence-corrected chi connectivity index (χ0v) is 9.86. The van der Waals surface area contributed by atoms with E-state index >= 15 is 0 Å². The van der Waals surface area contributed by atoms with Crippen LogP contribution in [0.25, 0.3) is 11.3 Å². The van der Waals surface area contributed by atoms with Crippen molar-refractivity contribution in [2.45, 2.75) is 32.2 Å². The number of rotatable bonds is 1. The van der Waals surface area contributed by atoms with Crippen LogP contribution in [0.15, 0.2) is 30.5 Å². The maximum absolute atomic E-state index is 13.7. The normalized spacial score (nSPS) is 19.1. The minimum absolute atomic E-state index is 0.199. The Kier molecular flexibility index (Phi) is 2.46. The summed E-state index contributed by atoms with van der Waals surface area (Å²) in [5, 5.41) is 0. The topological polar surface area (TPSA) is 17.8 Å². The van der Waals surface area contributed by atoms with E-state index in [1.165, 1.54) is 18.9 Å². The molecule has 2 aromatic rings. The monoisotopic (exact) mass is 230 g/mol. The first-order valence-electron chi connectivity index (χ1n) is 6.08. The van der Waals surface area contributed by atoms with Crippen LogP contribution < -0.4 is 0 Å². The Labute approximate surface area is 100 Å². The maximum atomic E-state index is 13.7. The first kappa shape index (κ1) is 10.5. The van der Waals surface area contributed by atoms with Gasteiger partial charge in [0.05, 0.1) is 5.69 Å². The summed E-state index contributed by atoms with van der Waals surface area (Å²) >= 11 is 0. The summed E-state index contributed by atoms with van der Waals surface area (Å²) in [5.74, 6) is 0.887. The Balaban J connectivity index is 2.08. The number of imidazole rings is 1. The van der Waals surface area contributed by atoms with Crippen molar-refractivity contribution >= 4 is 0 Å². The zero-order valence-electron chi connectivity index (χ0n) is 9.86. The lowest BCUT2D eigenvalue weighted by Gasteiger charge is -2.20.